The van der Waals surface area contributed by atoms with Gasteiger partial charge in [-0.3, -0.25) is 0 Å². The maximum absolute atomic E-state index is 12.1. The van der Waals surface area contributed by atoms with E-state index in [4.69, 9.17) is 9.26 Å². The summed E-state index contributed by atoms with van der Waals surface area (Å²) in [5.74, 6) is 0.938. The molecular weight excluding hydrogens is 318 g/mol. The number of methoxy groups -OCH3 is 1. The van der Waals surface area contributed by atoms with E-state index in [1.165, 1.54) is 0 Å². The summed E-state index contributed by atoms with van der Waals surface area (Å²) in [6.45, 7) is 1.36. The summed E-state index contributed by atoms with van der Waals surface area (Å²) in [5, 5.41) is 6.56. The van der Waals surface area contributed by atoms with Crippen LogP contribution in [0.1, 0.15) is 11.5 Å². The number of sulfone groups is 1. The summed E-state index contributed by atoms with van der Waals surface area (Å²) in [4.78, 5) is 4.36. The molecule has 1 saturated heterocycles. The molecule has 2 aromatic rings. The Hall–Kier alpha value is -1.77. The third-order valence-corrected chi connectivity index (χ3v) is 5.99. The summed E-state index contributed by atoms with van der Waals surface area (Å²) >= 11 is 0. The van der Waals surface area contributed by atoms with Gasteiger partial charge in [-0.15, -0.1) is 0 Å². The maximum Gasteiger partial charge on any atom is 0.228 e. The lowest BCUT2D eigenvalue weighted by atomic mass is 10.1. The Morgan fingerprint density at radius 2 is 2.22 bits per heavy atom. The third-order valence-electron chi connectivity index (χ3n) is 3.87. The average Bonchev–Trinajstić information content (AvgIpc) is 2.99. The quantitative estimate of drug-likeness (QED) is 0.863. The molecule has 1 aliphatic rings. The van der Waals surface area contributed by atoms with Crippen LogP contribution in [0.25, 0.3) is 11.4 Å². The van der Waals surface area contributed by atoms with Crippen molar-refractivity contribution in [3.05, 3.63) is 35.7 Å². The van der Waals surface area contributed by atoms with Crippen LogP contribution in [-0.2, 0) is 27.6 Å². The first-order chi connectivity index (χ1) is 11.1. The average molecular weight is 337 g/mol. The van der Waals surface area contributed by atoms with Crippen LogP contribution in [0.3, 0.4) is 0 Å². The van der Waals surface area contributed by atoms with Gasteiger partial charge in [0, 0.05) is 32.2 Å². The van der Waals surface area contributed by atoms with Gasteiger partial charge in [0.15, 0.2) is 9.84 Å². The minimum Gasteiger partial charge on any atom is -0.380 e. The number of nitrogens with one attached hydrogen (secondary N) is 1. The molecule has 3 rings (SSSR count). The molecule has 1 fully saturated rings. The second-order valence-electron chi connectivity index (χ2n) is 5.50. The van der Waals surface area contributed by atoms with Gasteiger partial charge in [-0.2, -0.15) is 4.98 Å². The zero-order valence-corrected chi connectivity index (χ0v) is 13.7. The zero-order chi connectivity index (χ0) is 16.3. The van der Waals surface area contributed by atoms with Crippen LogP contribution in [0.2, 0.25) is 0 Å². The fourth-order valence-electron chi connectivity index (χ4n) is 2.63. The Balaban J connectivity index is 1.81. The molecular formula is C15H19N3O4S. The lowest BCUT2D eigenvalue weighted by molar-refractivity contribution is 0.185. The fraction of sp³-hybridized carbons (Fsp3) is 0.467. The predicted octanol–water partition coefficient (Wildman–Crippen LogP) is 0.812. The molecule has 0 saturated carbocycles. The van der Waals surface area contributed by atoms with Crippen molar-refractivity contribution in [3.8, 4) is 11.4 Å². The van der Waals surface area contributed by atoms with Crippen molar-refractivity contribution >= 4 is 9.84 Å². The number of benzene rings is 1. The van der Waals surface area contributed by atoms with Crippen molar-refractivity contribution < 1.29 is 17.7 Å². The van der Waals surface area contributed by atoms with Gasteiger partial charge in [-0.25, -0.2) is 8.42 Å². The van der Waals surface area contributed by atoms with Gasteiger partial charge in [0.1, 0.15) is 0 Å². The summed E-state index contributed by atoms with van der Waals surface area (Å²) in [6.07, 6.45) is 0.231. The highest BCUT2D eigenvalue weighted by atomic mass is 32.2. The van der Waals surface area contributed by atoms with Crippen molar-refractivity contribution in [2.45, 2.75) is 18.3 Å². The molecule has 124 valence electrons. The second kappa shape index (κ2) is 6.77. The first-order valence-electron chi connectivity index (χ1n) is 7.42. The van der Waals surface area contributed by atoms with Crippen molar-refractivity contribution in [2.24, 2.45) is 0 Å². The van der Waals surface area contributed by atoms with Crippen molar-refractivity contribution in [3.63, 3.8) is 0 Å². The minimum atomic E-state index is -3.10. The molecule has 0 bridgehead atoms. The van der Waals surface area contributed by atoms with Gasteiger partial charge in [0.25, 0.3) is 0 Å². The van der Waals surface area contributed by atoms with E-state index < -0.39 is 15.1 Å². The Morgan fingerprint density at radius 1 is 1.39 bits per heavy atom. The lowest BCUT2D eigenvalue weighted by Gasteiger charge is -2.21. The third kappa shape index (κ3) is 3.60. The number of rotatable bonds is 5. The van der Waals surface area contributed by atoms with Crippen LogP contribution in [0.4, 0.5) is 0 Å². The van der Waals surface area contributed by atoms with Crippen LogP contribution in [0.15, 0.2) is 28.8 Å². The largest absolute Gasteiger partial charge is 0.380 e. The second-order valence-corrected chi connectivity index (χ2v) is 7.90. The normalized spacial score (nSPS) is 20.5. The van der Waals surface area contributed by atoms with Gasteiger partial charge in [0.2, 0.25) is 11.7 Å². The van der Waals surface area contributed by atoms with Gasteiger partial charge < -0.3 is 14.6 Å². The number of ether oxygens (including phenoxy) is 1. The molecule has 0 spiro atoms. The van der Waals surface area contributed by atoms with Crippen LogP contribution < -0.4 is 5.32 Å². The van der Waals surface area contributed by atoms with Crippen molar-refractivity contribution in [2.75, 3.05) is 26.0 Å². The van der Waals surface area contributed by atoms with Crippen molar-refractivity contribution in [1.82, 2.24) is 15.5 Å². The number of nitrogens with zero attached hydrogens (tertiary/aromatic N) is 2. The summed E-state index contributed by atoms with van der Waals surface area (Å²) in [5.41, 5.74) is 1.78. The van der Waals surface area contributed by atoms with Gasteiger partial charge >= 0.3 is 0 Å². The highest BCUT2D eigenvalue weighted by Gasteiger charge is 2.30. The molecule has 1 N–H and O–H groups in total. The van der Waals surface area contributed by atoms with Gasteiger partial charge in [0.05, 0.1) is 17.6 Å². The molecule has 1 aliphatic heterocycles. The van der Waals surface area contributed by atoms with Gasteiger partial charge in [-0.1, -0.05) is 29.4 Å². The molecule has 1 atom stereocenters. The summed E-state index contributed by atoms with van der Waals surface area (Å²) in [6, 6.07) is 7.63. The predicted molar refractivity (Wildman–Crippen MR) is 84.6 cm³/mol. The first-order valence-corrected chi connectivity index (χ1v) is 9.14. The number of hydrogen-bond donors (Lipinski definition) is 1. The molecule has 23 heavy (non-hydrogen) atoms. The summed E-state index contributed by atoms with van der Waals surface area (Å²) < 4.78 is 34.5. The van der Waals surface area contributed by atoms with Crippen molar-refractivity contribution in [1.29, 1.82) is 0 Å². The van der Waals surface area contributed by atoms with E-state index >= 15 is 0 Å². The fourth-order valence-corrected chi connectivity index (χ4v) is 4.16. The Kier molecular flexibility index (Phi) is 4.74. The standard InChI is InChI=1S/C15H19N3O4S/c1-21-10-11-4-2-3-5-13(11)15-17-14(22-18-15)8-12-9-16-6-7-23(12,19)20/h2-5,12,16H,6-10H2,1H3/t12-/m0/s1. The van der Waals surface area contributed by atoms with E-state index in [0.717, 1.165) is 11.1 Å². The molecule has 2 heterocycles. The topological polar surface area (TPSA) is 94.3 Å². The molecule has 8 heteroatoms. The highest BCUT2D eigenvalue weighted by Crippen LogP contribution is 2.22. The molecule has 1 aromatic carbocycles. The molecule has 0 amide bonds. The number of aromatic nitrogens is 2. The summed E-state index contributed by atoms with van der Waals surface area (Å²) in [7, 11) is -1.48. The smallest absolute Gasteiger partial charge is 0.228 e. The van der Waals surface area contributed by atoms with E-state index in [0.29, 0.717) is 31.4 Å². The van der Waals surface area contributed by atoms with Crippen LogP contribution >= 0.6 is 0 Å². The molecule has 7 nitrogen and oxygen atoms in total. The van der Waals surface area contributed by atoms with Gasteiger partial charge in [-0.05, 0) is 5.56 Å². The van der Waals surface area contributed by atoms with E-state index in [2.05, 4.69) is 15.5 Å². The van der Waals surface area contributed by atoms with Crippen LogP contribution in [0.5, 0.6) is 0 Å². The maximum atomic E-state index is 12.1. The molecule has 0 radical (unpaired) electrons. The first kappa shape index (κ1) is 16.1. The minimum absolute atomic E-state index is 0.148. The lowest BCUT2D eigenvalue weighted by Crippen LogP contribution is -2.45. The molecule has 0 unspecified atom stereocenters. The van der Waals surface area contributed by atoms with E-state index in [9.17, 15) is 8.42 Å². The van der Waals surface area contributed by atoms with E-state index in [1.807, 2.05) is 24.3 Å². The zero-order valence-electron chi connectivity index (χ0n) is 12.9. The van der Waals surface area contributed by atoms with Crippen LogP contribution in [0, 0.1) is 0 Å². The Morgan fingerprint density at radius 3 is 3.00 bits per heavy atom. The highest BCUT2D eigenvalue weighted by molar-refractivity contribution is 7.92. The number of hydrogen-bond acceptors (Lipinski definition) is 7. The molecule has 1 aromatic heterocycles. The Bertz CT molecular complexity index is 773. The monoisotopic (exact) mass is 337 g/mol. The van der Waals surface area contributed by atoms with E-state index in [-0.39, 0.29) is 12.2 Å². The van der Waals surface area contributed by atoms with Crippen LogP contribution in [-0.4, -0.2) is 49.8 Å². The molecule has 0 aliphatic carbocycles. The Labute approximate surface area is 135 Å². The van der Waals surface area contributed by atoms with E-state index in [1.54, 1.807) is 7.11 Å². The SMILES string of the molecule is COCc1ccccc1-c1noc(C[C@H]2CNCCS2(=O)=O)n1.